The Morgan fingerprint density at radius 2 is 1.75 bits per heavy atom. The second kappa shape index (κ2) is 7.35. The smallest absolute Gasteiger partial charge is 0.140 e. The Balaban J connectivity index is 1.89. The molecule has 1 heterocycles. The van der Waals surface area contributed by atoms with Crippen molar-refractivity contribution in [2.45, 2.75) is 20.0 Å². The van der Waals surface area contributed by atoms with Gasteiger partial charge in [0.05, 0.1) is 12.3 Å². The van der Waals surface area contributed by atoms with E-state index >= 15 is 0 Å². The van der Waals surface area contributed by atoms with Gasteiger partial charge in [0, 0.05) is 0 Å². The highest BCUT2D eigenvalue weighted by molar-refractivity contribution is 5.34. The van der Waals surface area contributed by atoms with E-state index in [1.165, 1.54) is 0 Å². The lowest BCUT2D eigenvalue weighted by molar-refractivity contribution is 0.297. The SMILES string of the molecule is CCCOc1ccc(OCc2cccc(NN)n2)cc1. The van der Waals surface area contributed by atoms with Gasteiger partial charge in [0.1, 0.15) is 23.9 Å². The van der Waals surface area contributed by atoms with Gasteiger partial charge in [-0.3, -0.25) is 0 Å². The van der Waals surface area contributed by atoms with E-state index in [9.17, 15) is 0 Å². The molecule has 0 fully saturated rings. The van der Waals surface area contributed by atoms with Crippen LogP contribution in [0.15, 0.2) is 42.5 Å². The van der Waals surface area contributed by atoms with Crippen molar-refractivity contribution in [2.75, 3.05) is 12.0 Å². The molecule has 20 heavy (non-hydrogen) atoms. The van der Waals surface area contributed by atoms with Crippen molar-refractivity contribution in [2.24, 2.45) is 5.84 Å². The van der Waals surface area contributed by atoms with Gasteiger partial charge in [-0.25, -0.2) is 10.8 Å². The molecule has 0 saturated heterocycles. The minimum absolute atomic E-state index is 0.394. The summed E-state index contributed by atoms with van der Waals surface area (Å²) >= 11 is 0. The predicted molar refractivity (Wildman–Crippen MR) is 78.6 cm³/mol. The van der Waals surface area contributed by atoms with Crippen LogP contribution < -0.4 is 20.7 Å². The Kier molecular flexibility index (Phi) is 5.20. The first-order chi connectivity index (χ1) is 9.81. The van der Waals surface area contributed by atoms with Gasteiger partial charge in [0.25, 0.3) is 0 Å². The number of hydrogen-bond acceptors (Lipinski definition) is 5. The third-order valence-corrected chi connectivity index (χ3v) is 2.64. The van der Waals surface area contributed by atoms with Gasteiger partial charge in [-0.15, -0.1) is 0 Å². The highest BCUT2D eigenvalue weighted by Crippen LogP contribution is 2.18. The lowest BCUT2D eigenvalue weighted by Crippen LogP contribution is -2.09. The average molecular weight is 273 g/mol. The highest BCUT2D eigenvalue weighted by Gasteiger charge is 2.00. The van der Waals surface area contributed by atoms with E-state index in [1.807, 2.05) is 36.4 Å². The summed E-state index contributed by atoms with van der Waals surface area (Å²) in [4.78, 5) is 4.28. The van der Waals surface area contributed by atoms with Gasteiger partial charge < -0.3 is 14.9 Å². The molecule has 0 aliphatic carbocycles. The largest absolute Gasteiger partial charge is 0.494 e. The van der Waals surface area contributed by atoms with Gasteiger partial charge >= 0.3 is 0 Å². The molecule has 5 nitrogen and oxygen atoms in total. The van der Waals surface area contributed by atoms with E-state index in [0.717, 1.165) is 30.2 Å². The predicted octanol–water partition coefficient (Wildman–Crippen LogP) is 2.74. The van der Waals surface area contributed by atoms with Crippen molar-refractivity contribution < 1.29 is 9.47 Å². The number of rotatable bonds is 7. The molecular formula is C15H19N3O2. The summed E-state index contributed by atoms with van der Waals surface area (Å²) in [7, 11) is 0. The Hall–Kier alpha value is -2.27. The molecule has 2 aromatic rings. The van der Waals surface area contributed by atoms with Crippen LogP contribution in [-0.2, 0) is 6.61 Å². The maximum Gasteiger partial charge on any atom is 0.140 e. The summed E-state index contributed by atoms with van der Waals surface area (Å²) < 4.78 is 11.2. The summed E-state index contributed by atoms with van der Waals surface area (Å²) in [6, 6.07) is 13.1. The fourth-order valence-electron chi connectivity index (χ4n) is 1.65. The quantitative estimate of drug-likeness (QED) is 0.599. The van der Waals surface area contributed by atoms with Crippen molar-refractivity contribution in [1.82, 2.24) is 4.98 Å². The maximum atomic E-state index is 5.66. The average Bonchev–Trinajstić information content (AvgIpc) is 2.52. The van der Waals surface area contributed by atoms with Crippen LogP contribution in [0.4, 0.5) is 5.82 Å². The zero-order valence-electron chi connectivity index (χ0n) is 11.5. The number of nitrogens with two attached hydrogens (primary N) is 1. The number of anilines is 1. The number of nitrogens with one attached hydrogen (secondary N) is 1. The number of hydrogen-bond donors (Lipinski definition) is 2. The molecule has 5 heteroatoms. The van der Waals surface area contributed by atoms with E-state index < -0.39 is 0 Å². The molecule has 0 aliphatic rings. The van der Waals surface area contributed by atoms with E-state index in [4.69, 9.17) is 15.3 Å². The number of nitrogen functional groups attached to an aromatic ring is 1. The maximum absolute atomic E-state index is 5.66. The molecule has 0 radical (unpaired) electrons. The molecule has 106 valence electrons. The molecule has 3 N–H and O–H groups in total. The third kappa shape index (κ3) is 4.13. The van der Waals surface area contributed by atoms with Crippen LogP contribution >= 0.6 is 0 Å². The number of aromatic nitrogens is 1. The highest BCUT2D eigenvalue weighted by atomic mass is 16.5. The second-order valence-electron chi connectivity index (χ2n) is 4.27. The summed E-state index contributed by atoms with van der Waals surface area (Å²) in [6.45, 7) is 3.20. The number of hydrazine groups is 1. The molecule has 0 spiro atoms. The molecule has 2 rings (SSSR count). The molecule has 0 bridgehead atoms. The van der Waals surface area contributed by atoms with Crippen LogP contribution in [0.3, 0.4) is 0 Å². The van der Waals surface area contributed by atoms with Crippen LogP contribution in [0, 0.1) is 0 Å². The lowest BCUT2D eigenvalue weighted by atomic mass is 10.3. The van der Waals surface area contributed by atoms with Crippen LogP contribution in [0.5, 0.6) is 11.5 Å². The Morgan fingerprint density at radius 1 is 1.05 bits per heavy atom. The molecule has 0 unspecified atom stereocenters. The molecule has 1 aromatic heterocycles. The number of pyridine rings is 1. The standard InChI is InChI=1S/C15H19N3O2/c1-2-10-19-13-6-8-14(9-7-13)20-11-12-4-3-5-15(17-12)18-16/h3-9H,2,10-11,16H2,1H3,(H,17,18). The molecular weight excluding hydrogens is 254 g/mol. The Morgan fingerprint density at radius 3 is 2.40 bits per heavy atom. The summed E-state index contributed by atoms with van der Waals surface area (Å²) in [5.74, 6) is 7.57. The van der Waals surface area contributed by atoms with Crippen molar-refractivity contribution in [3.05, 3.63) is 48.2 Å². The fraction of sp³-hybridized carbons (Fsp3) is 0.267. The van der Waals surface area contributed by atoms with Gasteiger partial charge in [0.2, 0.25) is 0 Å². The topological polar surface area (TPSA) is 69.4 Å². The molecule has 0 saturated carbocycles. The molecule has 0 amide bonds. The van der Waals surface area contributed by atoms with Crippen molar-refractivity contribution in [1.29, 1.82) is 0 Å². The summed E-state index contributed by atoms with van der Waals surface area (Å²) in [5.41, 5.74) is 3.32. The summed E-state index contributed by atoms with van der Waals surface area (Å²) in [5, 5.41) is 0. The van der Waals surface area contributed by atoms with Crippen molar-refractivity contribution in [3.8, 4) is 11.5 Å². The Bertz CT molecular complexity index is 529. The molecule has 1 aromatic carbocycles. The zero-order valence-corrected chi connectivity index (χ0v) is 11.5. The number of nitrogens with zero attached hydrogens (tertiary/aromatic N) is 1. The minimum Gasteiger partial charge on any atom is -0.494 e. The minimum atomic E-state index is 0.394. The van der Waals surface area contributed by atoms with E-state index in [-0.39, 0.29) is 0 Å². The first-order valence-electron chi connectivity index (χ1n) is 6.60. The van der Waals surface area contributed by atoms with Crippen molar-refractivity contribution in [3.63, 3.8) is 0 Å². The normalized spacial score (nSPS) is 10.1. The van der Waals surface area contributed by atoms with Gasteiger partial charge in [-0.05, 0) is 42.8 Å². The Labute approximate surface area is 118 Å². The van der Waals surface area contributed by atoms with Gasteiger partial charge in [0.15, 0.2) is 0 Å². The summed E-state index contributed by atoms with van der Waals surface area (Å²) in [6.07, 6.45) is 0.995. The third-order valence-electron chi connectivity index (χ3n) is 2.64. The first-order valence-corrected chi connectivity index (χ1v) is 6.60. The van der Waals surface area contributed by atoms with E-state index in [0.29, 0.717) is 12.4 Å². The van der Waals surface area contributed by atoms with Crippen LogP contribution in [0.25, 0.3) is 0 Å². The van der Waals surface area contributed by atoms with Crippen molar-refractivity contribution >= 4 is 5.82 Å². The number of benzene rings is 1. The van der Waals surface area contributed by atoms with Gasteiger partial charge in [-0.1, -0.05) is 13.0 Å². The molecule has 0 aliphatic heterocycles. The van der Waals surface area contributed by atoms with Crippen LogP contribution in [-0.4, -0.2) is 11.6 Å². The number of ether oxygens (including phenoxy) is 2. The monoisotopic (exact) mass is 273 g/mol. The van der Waals surface area contributed by atoms with Gasteiger partial charge in [-0.2, -0.15) is 0 Å². The zero-order chi connectivity index (χ0) is 14.2. The fourth-order valence-corrected chi connectivity index (χ4v) is 1.65. The van der Waals surface area contributed by atoms with E-state index in [2.05, 4.69) is 17.3 Å². The second-order valence-corrected chi connectivity index (χ2v) is 4.27. The molecule has 0 atom stereocenters. The first kappa shape index (κ1) is 14.1. The van der Waals surface area contributed by atoms with E-state index in [1.54, 1.807) is 6.07 Å². The van der Waals surface area contributed by atoms with Crippen LogP contribution in [0.1, 0.15) is 19.0 Å². The lowest BCUT2D eigenvalue weighted by Gasteiger charge is -2.08. The van der Waals surface area contributed by atoms with Crippen LogP contribution in [0.2, 0.25) is 0 Å².